The summed E-state index contributed by atoms with van der Waals surface area (Å²) in [5, 5.41) is 5.72. The van der Waals surface area contributed by atoms with Gasteiger partial charge in [-0.2, -0.15) is 0 Å². The van der Waals surface area contributed by atoms with E-state index in [1.165, 1.54) is 6.92 Å². The monoisotopic (exact) mass is 510 g/mol. The van der Waals surface area contributed by atoms with Crippen LogP contribution in [-0.4, -0.2) is 62.6 Å². The number of amides is 2. The lowest BCUT2D eigenvalue weighted by Crippen LogP contribution is -2.50. The molecule has 2 N–H and O–H groups in total. The number of hydrogen-bond acceptors (Lipinski definition) is 8. The summed E-state index contributed by atoms with van der Waals surface area (Å²) in [6.07, 6.45) is 1.02. The number of carbonyl (C=O) groups excluding carboxylic acids is 4. The van der Waals surface area contributed by atoms with E-state index in [0.29, 0.717) is 19.6 Å². The molecule has 3 atom stereocenters. The van der Waals surface area contributed by atoms with Gasteiger partial charge in [0.25, 0.3) is 0 Å². The van der Waals surface area contributed by atoms with Crippen LogP contribution in [0.15, 0.2) is 24.8 Å². The normalized spacial score (nSPS) is 21.5. The Hall–Kier alpha value is -3.04. The van der Waals surface area contributed by atoms with Crippen molar-refractivity contribution in [2.45, 2.75) is 73.0 Å². The number of rotatable bonds is 12. The minimum absolute atomic E-state index is 0.0766. The van der Waals surface area contributed by atoms with Gasteiger partial charge >= 0.3 is 24.1 Å². The van der Waals surface area contributed by atoms with E-state index in [9.17, 15) is 19.2 Å². The van der Waals surface area contributed by atoms with Gasteiger partial charge in [-0.05, 0) is 42.9 Å². The molecule has 0 radical (unpaired) electrons. The fourth-order valence-corrected chi connectivity index (χ4v) is 4.44. The van der Waals surface area contributed by atoms with Crippen LogP contribution in [0.25, 0.3) is 0 Å². The summed E-state index contributed by atoms with van der Waals surface area (Å²) in [5.74, 6) is -1.11. The molecule has 0 heterocycles. The molecule has 0 bridgehead atoms. The van der Waals surface area contributed by atoms with Gasteiger partial charge in [0.2, 0.25) is 0 Å². The minimum Gasteiger partial charge on any atom is -0.458 e. The molecule has 204 valence electrons. The van der Waals surface area contributed by atoms with Crippen molar-refractivity contribution in [1.82, 2.24) is 10.6 Å². The van der Waals surface area contributed by atoms with E-state index in [-0.39, 0.29) is 41.6 Å². The van der Waals surface area contributed by atoms with Crippen LogP contribution in [0, 0.1) is 16.7 Å². The quantitative estimate of drug-likeness (QED) is 0.230. The summed E-state index contributed by atoms with van der Waals surface area (Å²) in [6.45, 7) is 18.5. The summed E-state index contributed by atoms with van der Waals surface area (Å²) < 4.78 is 20.6. The zero-order valence-corrected chi connectivity index (χ0v) is 22.4. The van der Waals surface area contributed by atoms with Crippen LogP contribution in [-0.2, 0) is 28.5 Å². The first-order valence-electron chi connectivity index (χ1n) is 12.1. The first-order valence-corrected chi connectivity index (χ1v) is 12.1. The lowest BCUT2D eigenvalue weighted by atomic mass is 9.62. The molecule has 0 aliphatic heterocycles. The Kier molecular flexibility index (Phi) is 12.0. The molecule has 0 aromatic rings. The number of nitrogens with one attached hydrogen (secondary N) is 2. The van der Waals surface area contributed by atoms with Gasteiger partial charge in [0.05, 0.1) is 6.61 Å². The Balaban J connectivity index is 2.72. The highest BCUT2D eigenvalue weighted by atomic mass is 16.6. The van der Waals surface area contributed by atoms with Crippen LogP contribution >= 0.6 is 0 Å². The van der Waals surface area contributed by atoms with Crippen molar-refractivity contribution >= 4 is 24.1 Å². The SMILES string of the molecule is C=CC(=O)OCC(COC(=O)C(=C)C)OC(=O)NCC1(C)CC(NC(=O)OCC(C)C)CC(C)(C)C1. The standard InChI is InChI=1S/C26H42N2O8/c1-9-21(29)33-13-20(14-34-22(30)18(4)5)36-23(31)27-16-26(8)11-19(10-25(6,7)15-26)28-24(32)35-12-17(2)3/h9,17,19-20H,1,4,10-16H2,2-3,5-8H3,(H,27,31)(H,28,32). The lowest BCUT2D eigenvalue weighted by molar-refractivity contribution is -0.147. The van der Waals surface area contributed by atoms with Crippen molar-refractivity contribution in [2.24, 2.45) is 16.7 Å². The molecule has 2 amide bonds. The van der Waals surface area contributed by atoms with Gasteiger partial charge in [-0.25, -0.2) is 19.2 Å². The van der Waals surface area contributed by atoms with E-state index >= 15 is 0 Å². The molecule has 10 nitrogen and oxygen atoms in total. The zero-order valence-electron chi connectivity index (χ0n) is 22.4. The highest BCUT2D eigenvalue weighted by Gasteiger charge is 2.42. The van der Waals surface area contributed by atoms with Gasteiger partial charge in [0.15, 0.2) is 6.10 Å². The second-order valence-electron chi connectivity index (χ2n) is 11.0. The summed E-state index contributed by atoms with van der Waals surface area (Å²) in [6, 6.07) is -0.108. The molecule has 0 aromatic heterocycles. The van der Waals surface area contributed by atoms with Gasteiger partial charge in [0, 0.05) is 24.2 Å². The van der Waals surface area contributed by atoms with Gasteiger partial charge in [-0.3, -0.25) is 0 Å². The molecule has 10 heteroatoms. The Morgan fingerprint density at radius 3 is 2.22 bits per heavy atom. The topological polar surface area (TPSA) is 129 Å². The smallest absolute Gasteiger partial charge is 0.407 e. The average Bonchev–Trinajstić information content (AvgIpc) is 2.76. The van der Waals surface area contributed by atoms with Crippen molar-refractivity contribution < 1.29 is 38.1 Å². The summed E-state index contributed by atoms with van der Waals surface area (Å²) in [5.41, 5.74) is -0.217. The van der Waals surface area contributed by atoms with E-state index in [1.54, 1.807) is 0 Å². The average molecular weight is 511 g/mol. The maximum absolute atomic E-state index is 12.6. The minimum atomic E-state index is -1.02. The van der Waals surface area contributed by atoms with Gasteiger partial charge in [-0.1, -0.05) is 47.8 Å². The number of alkyl carbamates (subject to hydrolysis) is 2. The molecule has 1 fully saturated rings. The number of esters is 2. The summed E-state index contributed by atoms with van der Waals surface area (Å²) in [4.78, 5) is 47.9. The Morgan fingerprint density at radius 1 is 1.00 bits per heavy atom. The predicted octanol–water partition coefficient (Wildman–Crippen LogP) is 3.90. The molecule has 0 saturated heterocycles. The predicted molar refractivity (Wildman–Crippen MR) is 134 cm³/mol. The molecule has 1 rings (SSSR count). The van der Waals surface area contributed by atoms with Crippen molar-refractivity contribution in [3.63, 3.8) is 0 Å². The molecule has 36 heavy (non-hydrogen) atoms. The third-order valence-electron chi connectivity index (χ3n) is 5.57. The molecular formula is C26H42N2O8. The Morgan fingerprint density at radius 2 is 1.64 bits per heavy atom. The molecule has 0 aromatic carbocycles. The van der Waals surface area contributed by atoms with Crippen LogP contribution in [0.1, 0.15) is 60.8 Å². The van der Waals surface area contributed by atoms with Crippen LogP contribution < -0.4 is 10.6 Å². The highest BCUT2D eigenvalue weighted by Crippen LogP contribution is 2.45. The molecule has 1 aliphatic rings. The highest BCUT2D eigenvalue weighted by molar-refractivity contribution is 5.87. The molecule has 3 unspecified atom stereocenters. The zero-order chi connectivity index (χ0) is 27.5. The molecular weight excluding hydrogens is 468 g/mol. The Bertz CT molecular complexity index is 823. The third-order valence-corrected chi connectivity index (χ3v) is 5.57. The van der Waals surface area contributed by atoms with E-state index in [4.69, 9.17) is 18.9 Å². The van der Waals surface area contributed by atoms with Crippen LogP contribution in [0.4, 0.5) is 9.59 Å². The number of hydrogen-bond donors (Lipinski definition) is 2. The molecule has 1 saturated carbocycles. The largest absolute Gasteiger partial charge is 0.458 e. The van der Waals surface area contributed by atoms with E-state index in [0.717, 1.165) is 18.9 Å². The Labute approximate surface area is 214 Å². The summed E-state index contributed by atoms with van der Waals surface area (Å²) in [7, 11) is 0. The van der Waals surface area contributed by atoms with Crippen molar-refractivity contribution in [2.75, 3.05) is 26.4 Å². The van der Waals surface area contributed by atoms with Crippen molar-refractivity contribution in [1.29, 1.82) is 0 Å². The fraction of sp³-hybridized carbons (Fsp3) is 0.692. The van der Waals surface area contributed by atoms with Crippen molar-refractivity contribution in [3.8, 4) is 0 Å². The first-order chi connectivity index (χ1) is 16.6. The van der Waals surface area contributed by atoms with E-state index in [2.05, 4.69) is 37.6 Å². The van der Waals surface area contributed by atoms with Gasteiger partial charge < -0.3 is 29.6 Å². The summed E-state index contributed by atoms with van der Waals surface area (Å²) >= 11 is 0. The van der Waals surface area contributed by atoms with Crippen LogP contribution in [0.5, 0.6) is 0 Å². The second-order valence-corrected chi connectivity index (χ2v) is 11.0. The van der Waals surface area contributed by atoms with Crippen LogP contribution in [0.2, 0.25) is 0 Å². The van der Waals surface area contributed by atoms with Gasteiger partial charge in [-0.15, -0.1) is 0 Å². The van der Waals surface area contributed by atoms with E-state index < -0.39 is 30.2 Å². The molecule has 1 aliphatic carbocycles. The van der Waals surface area contributed by atoms with E-state index in [1.807, 2.05) is 20.8 Å². The number of carbonyl (C=O) groups is 4. The maximum atomic E-state index is 12.6. The van der Waals surface area contributed by atoms with Crippen molar-refractivity contribution in [3.05, 3.63) is 24.8 Å². The first kappa shape index (κ1) is 31.0. The fourth-order valence-electron chi connectivity index (χ4n) is 4.44. The number of ether oxygens (including phenoxy) is 4. The maximum Gasteiger partial charge on any atom is 0.407 e. The molecule has 0 spiro atoms. The van der Waals surface area contributed by atoms with Crippen LogP contribution in [0.3, 0.4) is 0 Å². The third kappa shape index (κ3) is 12.1. The van der Waals surface area contributed by atoms with Gasteiger partial charge in [0.1, 0.15) is 13.2 Å². The second kappa shape index (κ2) is 13.9. The lowest BCUT2D eigenvalue weighted by Gasteiger charge is -2.46.